The van der Waals surface area contributed by atoms with Crippen LogP contribution >= 0.6 is 12.4 Å². The summed E-state index contributed by atoms with van der Waals surface area (Å²) in [6.07, 6.45) is 0. The molecule has 17 heavy (non-hydrogen) atoms. The molecule has 1 heterocycles. The fourth-order valence-electron chi connectivity index (χ4n) is 2.00. The van der Waals surface area contributed by atoms with Crippen LogP contribution in [-0.2, 0) is 7.05 Å². The summed E-state index contributed by atoms with van der Waals surface area (Å²) in [5.74, 6) is -0.387. The number of carbonyl (C=O) groups excluding carboxylic acids is 1. The van der Waals surface area contributed by atoms with Gasteiger partial charge in [0.1, 0.15) is 5.69 Å². The highest BCUT2D eigenvalue weighted by molar-refractivity contribution is 5.94. The molecule has 2 rings (SSSR count). The van der Waals surface area contributed by atoms with Crippen LogP contribution in [-0.4, -0.2) is 10.5 Å². The minimum absolute atomic E-state index is 0. The molecule has 2 aromatic rings. The molecule has 1 aromatic carbocycles. The second-order valence-corrected chi connectivity index (χ2v) is 3.85. The molecule has 1 aromatic heterocycles. The predicted octanol–water partition coefficient (Wildman–Crippen LogP) is 2.52. The zero-order valence-electron chi connectivity index (χ0n) is 9.81. The zero-order chi connectivity index (χ0) is 11.7. The zero-order valence-corrected chi connectivity index (χ0v) is 10.6. The number of hydrogen-bond acceptors (Lipinski definition) is 1. The monoisotopic (exact) mass is 250 g/mol. The van der Waals surface area contributed by atoms with Crippen molar-refractivity contribution in [3.05, 3.63) is 47.7 Å². The quantitative estimate of drug-likeness (QED) is 0.875. The van der Waals surface area contributed by atoms with E-state index in [1.165, 1.54) is 0 Å². The van der Waals surface area contributed by atoms with Crippen molar-refractivity contribution in [2.75, 3.05) is 0 Å². The highest BCUT2D eigenvalue weighted by Crippen LogP contribution is 2.24. The van der Waals surface area contributed by atoms with E-state index >= 15 is 0 Å². The van der Waals surface area contributed by atoms with Gasteiger partial charge in [-0.15, -0.1) is 12.4 Å². The third-order valence-electron chi connectivity index (χ3n) is 2.73. The molecule has 3 nitrogen and oxygen atoms in total. The molecule has 0 saturated heterocycles. The molecule has 0 aliphatic heterocycles. The van der Waals surface area contributed by atoms with Gasteiger partial charge in [0.15, 0.2) is 0 Å². The van der Waals surface area contributed by atoms with Crippen LogP contribution in [0.25, 0.3) is 11.3 Å². The number of benzene rings is 1. The standard InChI is InChI=1S/C13H14N2O.ClH/c1-9-8-11(10-6-4-3-5-7-10)15(2)12(9)13(14)16;/h3-8H,1-2H3,(H2,14,16);1H. The van der Waals surface area contributed by atoms with E-state index in [2.05, 4.69) is 0 Å². The van der Waals surface area contributed by atoms with Gasteiger partial charge >= 0.3 is 0 Å². The van der Waals surface area contributed by atoms with E-state index in [1.807, 2.05) is 54.9 Å². The Labute approximate surface area is 107 Å². The van der Waals surface area contributed by atoms with Crippen molar-refractivity contribution >= 4 is 18.3 Å². The first-order valence-electron chi connectivity index (χ1n) is 5.13. The van der Waals surface area contributed by atoms with Gasteiger partial charge in [-0.05, 0) is 24.1 Å². The smallest absolute Gasteiger partial charge is 0.265 e. The molecule has 0 unspecified atom stereocenters. The van der Waals surface area contributed by atoms with Gasteiger partial charge in [0.05, 0.1) is 0 Å². The molecule has 2 N–H and O–H groups in total. The van der Waals surface area contributed by atoms with Crippen molar-refractivity contribution < 1.29 is 4.79 Å². The minimum atomic E-state index is -0.387. The summed E-state index contributed by atoms with van der Waals surface area (Å²) in [6, 6.07) is 11.9. The van der Waals surface area contributed by atoms with Crippen LogP contribution < -0.4 is 5.73 Å². The summed E-state index contributed by atoms with van der Waals surface area (Å²) in [6.45, 7) is 1.90. The maximum absolute atomic E-state index is 11.3. The Balaban J connectivity index is 0.00000144. The van der Waals surface area contributed by atoms with Crippen molar-refractivity contribution in [1.82, 2.24) is 4.57 Å². The second kappa shape index (κ2) is 5.06. The third-order valence-corrected chi connectivity index (χ3v) is 2.73. The molecule has 0 spiro atoms. The summed E-state index contributed by atoms with van der Waals surface area (Å²) in [5, 5.41) is 0. The van der Waals surface area contributed by atoms with Crippen LogP contribution in [0.1, 0.15) is 16.1 Å². The lowest BCUT2D eigenvalue weighted by Gasteiger charge is -2.05. The minimum Gasteiger partial charge on any atom is -0.364 e. The summed E-state index contributed by atoms with van der Waals surface area (Å²) >= 11 is 0. The van der Waals surface area contributed by atoms with Crippen molar-refractivity contribution in [1.29, 1.82) is 0 Å². The Morgan fingerprint density at radius 1 is 1.24 bits per heavy atom. The van der Waals surface area contributed by atoms with Crippen LogP contribution in [0.15, 0.2) is 36.4 Å². The van der Waals surface area contributed by atoms with Gasteiger partial charge in [-0.2, -0.15) is 0 Å². The van der Waals surface area contributed by atoms with Gasteiger partial charge in [-0.25, -0.2) is 0 Å². The Morgan fingerprint density at radius 2 is 1.82 bits per heavy atom. The number of aromatic nitrogens is 1. The van der Waals surface area contributed by atoms with Gasteiger partial charge < -0.3 is 10.3 Å². The number of nitrogens with two attached hydrogens (primary N) is 1. The Hall–Kier alpha value is -1.74. The van der Waals surface area contributed by atoms with E-state index in [-0.39, 0.29) is 18.3 Å². The molecule has 0 fully saturated rings. The molecule has 1 amide bonds. The first-order chi connectivity index (χ1) is 7.61. The fraction of sp³-hybridized carbons (Fsp3) is 0.154. The van der Waals surface area contributed by atoms with E-state index in [0.717, 1.165) is 16.8 Å². The topological polar surface area (TPSA) is 48.0 Å². The Bertz CT molecular complexity index is 532. The number of rotatable bonds is 2. The third kappa shape index (κ3) is 2.34. The average molecular weight is 251 g/mol. The molecule has 0 saturated carbocycles. The van der Waals surface area contributed by atoms with Crippen LogP contribution in [0.3, 0.4) is 0 Å². The summed E-state index contributed by atoms with van der Waals surface area (Å²) < 4.78 is 1.84. The van der Waals surface area contributed by atoms with E-state index in [0.29, 0.717) is 5.69 Å². The molecule has 0 bridgehead atoms. The number of carbonyl (C=O) groups is 1. The summed E-state index contributed by atoms with van der Waals surface area (Å²) in [4.78, 5) is 11.3. The van der Waals surface area contributed by atoms with Gasteiger partial charge in [0.2, 0.25) is 0 Å². The first kappa shape index (κ1) is 13.3. The lowest BCUT2D eigenvalue weighted by atomic mass is 10.1. The number of nitrogens with zero attached hydrogens (tertiary/aromatic N) is 1. The van der Waals surface area contributed by atoms with E-state index < -0.39 is 0 Å². The Morgan fingerprint density at radius 3 is 2.29 bits per heavy atom. The van der Waals surface area contributed by atoms with E-state index in [1.54, 1.807) is 0 Å². The molecule has 0 atom stereocenters. The SMILES string of the molecule is Cc1cc(-c2ccccc2)n(C)c1C(N)=O.Cl. The number of primary amides is 1. The predicted molar refractivity (Wildman–Crippen MR) is 71.4 cm³/mol. The van der Waals surface area contributed by atoms with Gasteiger partial charge in [-0.1, -0.05) is 30.3 Å². The van der Waals surface area contributed by atoms with Crippen molar-refractivity contribution in [2.24, 2.45) is 12.8 Å². The number of amides is 1. The highest BCUT2D eigenvalue weighted by Gasteiger charge is 2.14. The van der Waals surface area contributed by atoms with Crippen LogP contribution in [0.4, 0.5) is 0 Å². The first-order valence-corrected chi connectivity index (χ1v) is 5.13. The normalized spacial score (nSPS) is 9.76. The summed E-state index contributed by atoms with van der Waals surface area (Å²) in [7, 11) is 1.86. The van der Waals surface area contributed by atoms with Crippen LogP contribution in [0, 0.1) is 6.92 Å². The molecule has 0 aliphatic carbocycles. The molecule has 90 valence electrons. The van der Waals surface area contributed by atoms with Gasteiger partial charge in [0, 0.05) is 12.7 Å². The molecule has 0 aliphatic rings. The van der Waals surface area contributed by atoms with Crippen molar-refractivity contribution in [3.63, 3.8) is 0 Å². The molecular weight excluding hydrogens is 236 g/mol. The van der Waals surface area contributed by atoms with E-state index in [4.69, 9.17) is 5.73 Å². The highest BCUT2D eigenvalue weighted by atomic mass is 35.5. The number of halogens is 1. The van der Waals surface area contributed by atoms with Crippen LogP contribution in [0.2, 0.25) is 0 Å². The molecule has 0 radical (unpaired) electrons. The van der Waals surface area contributed by atoms with E-state index in [9.17, 15) is 4.79 Å². The maximum atomic E-state index is 11.3. The molecular formula is C13H15ClN2O. The number of hydrogen-bond donors (Lipinski definition) is 1. The van der Waals surface area contributed by atoms with Crippen molar-refractivity contribution in [3.8, 4) is 11.3 Å². The lowest BCUT2D eigenvalue weighted by molar-refractivity contribution is 0.0992. The largest absolute Gasteiger partial charge is 0.364 e. The summed E-state index contributed by atoms with van der Waals surface area (Å²) in [5.41, 5.74) is 8.92. The van der Waals surface area contributed by atoms with Gasteiger partial charge in [-0.3, -0.25) is 4.79 Å². The second-order valence-electron chi connectivity index (χ2n) is 3.85. The molecule has 4 heteroatoms. The lowest BCUT2D eigenvalue weighted by Crippen LogP contribution is -2.16. The van der Waals surface area contributed by atoms with Gasteiger partial charge in [0.25, 0.3) is 5.91 Å². The fourth-order valence-corrected chi connectivity index (χ4v) is 2.00. The van der Waals surface area contributed by atoms with Crippen LogP contribution in [0.5, 0.6) is 0 Å². The maximum Gasteiger partial charge on any atom is 0.265 e. The van der Waals surface area contributed by atoms with Crippen molar-refractivity contribution in [2.45, 2.75) is 6.92 Å². The number of aryl methyl sites for hydroxylation is 1. The Kier molecular flexibility index (Phi) is 3.97. The average Bonchev–Trinajstić information content (AvgIpc) is 2.55.